The van der Waals surface area contributed by atoms with Gasteiger partial charge in [-0.05, 0) is 38.5 Å². The lowest BCUT2D eigenvalue weighted by Gasteiger charge is -2.04. The second-order valence-corrected chi connectivity index (χ2v) is 8.02. The summed E-state index contributed by atoms with van der Waals surface area (Å²) in [6.45, 7) is 10.5. The number of hydrogen-bond donors (Lipinski definition) is 2. The Hall–Kier alpha value is -2.57. The molecule has 0 fully saturated rings. The fraction of sp³-hybridized carbons (Fsp3) is 0.348. The number of rotatable bonds is 5. The summed E-state index contributed by atoms with van der Waals surface area (Å²) in [6, 6.07) is 11.6. The van der Waals surface area contributed by atoms with Gasteiger partial charge < -0.3 is 10.4 Å². The quantitative estimate of drug-likeness (QED) is 0.610. The molecule has 2 N–H and O–H groups in total. The third-order valence-corrected chi connectivity index (χ3v) is 5.12. The maximum atomic E-state index is 11.7. The van der Waals surface area contributed by atoms with Crippen LogP contribution in [0.1, 0.15) is 67.0 Å². The van der Waals surface area contributed by atoms with Gasteiger partial charge in [-0.2, -0.15) is 0 Å². The number of hydrogen-bond acceptors (Lipinski definition) is 5. The van der Waals surface area contributed by atoms with E-state index in [4.69, 9.17) is 5.11 Å². The lowest BCUT2D eigenvalue weighted by atomic mass is 10.1. The van der Waals surface area contributed by atoms with Gasteiger partial charge in [0.2, 0.25) is 0 Å². The van der Waals surface area contributed by atoms with Gasteiger partial charge in [0.1, 0.15) is 5.82 Å². The molecule has 2 aromatic heterocycles. The summed E-state index contributed by atoms with van der Waals surface area (Å²) in [5.74, 6) is 1.08. The lowest BCUT2D eigenvalue weighted by molar-refractivity contribution is 0.0956. The minimum absolute atomic E-state index is 0.0388. The van der Waals surface area contributed by atoms with Crippen LogP contribution in [-0.2, 0) is 0 Å². The molecule has 5 nitrogen and oxygen atoms in total. The molecule has 0 bridgehead atoms. The number of aromatic nitrogens is 2. The van der Waals surface area contributed by atoms with E-state index >= 15 is 0 Å². The van der Waals surface area contributed by atoms with E-state index in [1.165, 1.54) is 16.9 Å². The van der Waals surface area contributed by atoms with E-state index in [1.54, 1.807) is 13.1 Å². The predicted octanol–water partition coefficient (Wildman–Crippen LogP) is 5.13. The second kappa shape index (κ2) is 10.8. The molecular weight excluding hydrogens is 382 g/mol. The van der Waals surface area contributed by atoms with Gasteiger partial charge in [-0.15, -0.1) is 11.3 Å². The Morgan fingerprint density at radius 2 is 1.97 bits per heavy atom. The maximum Gasteiger partial charge on any atom is 0.252 e. The van der Waals surface area contributed by atoms with Crippen LogP contribution in [0.2, 0.25) is 0 Å². The van der Waals surface area contributed by atoms with Crippen LogP contribution in [0.3, 0.4) is 0 Å². The van der Waals surface area contributed by atoms with E-state index in [1.807, 2.05) is 55.6 Å². The fourth-order valence-electron chi connectivity index (χ4n) is 2.57. The number of nitrogens with one attached hydrogen (secondary N) is 1. The molecule has 0 radical (unpaired) electrons. The monoisotopic (exact) mass is 411 g/mol. The molecule has 0 aliphatic heterocycles. The first kappa shape index (κ1) is 22.7. The summed E-state index contributed by atoms with van der Waals surface area (Å²) in [5.41, 5.74) is 3.74. The highest BCUT2D eigenvalue weighted by atomic mass is 32.1. The Bertz CT molecular complexity index is 935. The minimum atomic E-state index is -0.347. The standard InChI is InChI=1S/C14H17N3OS.C9H12O/c1-4-15-14(18)10-7-12(19-8-10)11-5-6-16-13(17-11)9(2)3;1-7-4-3-5-9(6-7)8(2)10/h5-9H,4H2,1-3H3,(H,15,18);3-6,8,10H,1-2H3. The zero-order chi connectivity index (χ0) is 21.4. The van der Waals surface area contributed by atoms with Crippen molar-refractivity contribution in [2.45, 2.75) is 46.6 Å². The Balaban J connectivity index is 0.000000253. The number of nitrogens with zero attached hydrogens (tertiary/aromatic N) is 2. The molecule has 0 saturated carbocycles. The number of aliphatic hydroxyl groups excluding tert-OH is 1. The van der Waals surface area contributed by atoms with Gasteiger partial charge in [0.25, 0.3) is 5.91 Å². The van der Waals surface area contributed by atoms with Crippen molar-refractivity contribution in [3.8, 4) is 10.6 Å². The third-order valence-electron chi connectivity index (χ3n) is 4.17. The molecule has 3 rings (SSSR count). The highest BCUT2D eigenvalue weighted by molar-refractivity contribution is 7.13. The van der Waals surface area contributed by atoms with Crippen molar-refractivity contribution < 1.29 is 9.90 Å². The van der Waals surface area contributed by atoms with Crippen LogP contribution in [0.5, 0.6) is 0 Å². The highest BCUT2D eigenvalue weighted by Gasteiger charge is 2.11. The first-order valence-electron chi connectivity index (χ1n) is 9.76. The Kier molecular flexibility index (Phi) is 8.49. The molecule has 2 heterocycles. The average molecular weight is 412 g/mol. The molecule has 0 aliphatic rings. The Labute approximate surface area is 176 Å². The van der Waals surface area contributed by atoms with E-state index in [-0.39, 0.29) is 12.0 Å². The van der Waals surface area contributed by atoms with Crippen LogP contribution in [0.4, 0.5) is 0 Å². The van der Waals surface area contributed by atoms with Gasteiger partial charge in [-0.3, -0.25) is 4.79 Å². The van der Waals surface area contributed by atoms with E-state index in [2.05, 4.69) is 29.1 Å². The molecule has 154 valence electrons. The first-order chi connectivity index (χ1) is 13.8. The summed E-state index contributed by atoms with van der Waals surface area (Å²) in [5, 5.41) is 13.8. The Morgan fingerprint density at radius 3 is 2.55 bits per heavy atom. The van der Waals surface area contributed by atoms with Gasteiger partial charge in [0.15, 0.2) is 0 Å². The van der Waals surface area contributed by atoms with Gasteiger partial charge in [-0.25, -0.2) is 9.97 Å². The summed E-state index contributed by atoms with van der Waals surface area (Å²) in [7, 11) is 0. The average Bonchev–Trinajstić information content (AvgIpc) is 3.19. The van der Waals surface area contributed by atoms with Crippen molar-refractivity contribution >= 4 is 17.2 Å². The van der Waals surface area contributed by atoms with Crippen molar-refractivity contribution in [3.63, 3.8) is 0 Å². The molecule has 0 saturated heterocycles. The SMILES string of the molecule is CCNC(=O)c1csc(-c2ccnc(C(C)C)n2)c1.Cc1cccc(C(C)O)c1. The van der Waals surface area contributed by atoms with E-state index in [0.717, 1.165) is 22.0 Å². The molecule has 6 heteroatoms. The van der Waals surface area contributed by atoms with Crippen LogP contribution in [0, 0.1) is 6.92 Å². The molecule has 29 heavy (non-hydrogen) atoms. The van der Waals surface area contributed by atoms with Crippen molar-refractivity contribution in [2.24, 2.45) is 0 Å². The van der Waals surface area contributed by atoms with Gasteiger partial charge >= 0.3 is 0 Å². The number of amides is 1. The maximum absolute atomic E-state index is 11.7. The molecule has 1 atom stereocenters. The van der Waals surface area contributed by atoms with Crippen LogP contribution in [-0.4, -0.2) is 27.5 Å². The summed E-state index contributed by atoms with van der Waals surface area (Å²) in [6.07, 6.45) is 1.42. The first-order valence-corrected chi connectivity index (χ1v) is 10.6. The molecule has 1 unspecified atom stereocenters. The Morgan fingerprint density at radius 1 is 1.21 bits per heavy atom. The number of benzene rings is 1. The molecular formula is C23H29N3O2S. The minimum Gasteiger partial charge on any atom is -0.389 e. The van der Waals surface area contributed by atoms with Crippen molar-refractivity contribution in [3.05, 3.63) is 70.5 Å². The lowest BCUT2D eigenvalue weighted by Crippen LogP contribution is -2.21. The fourth-order valence-corrected chi connectivity index (χ4v) is 3.43. The molecule has 1 amide bonds. The van der Waals surface area contributed by atoms with Gasteiger partial charge in [0.05, 0.1) is 22.2 Å². The van der Waals surface area contributed by atoms with Crippen molar-refractivity contribution in [1.29, 1.82) is 0 Å². The van der Waals surface area contributed by atoms with E-state index < -0.39 is 0 Å². The summed E-state index contributed by atoms with van der Waals surface area (Å²) in [4.78, 5) is 21.5. The van der Waals surface area contributed by atoms with Crippen LogP contribution in [0.15, 0.2) is 48.0 Å². The van der Waals surface area contributed by atoms with E-state index in [0.29, 0.717) is 18.0 Å². The number of thiophene rings is 1. The van der Waals surface area contributed by atoms with Gasteiger partial charge in [0, 0.05) is 24.0 Å². The predicted molar refractivity (Wildman–Crippen MR) is 119 cm³/mol. The zero-order valence-electron chi connectivity index (χ0n) is 17.6. The summed E-state index contributed by atoms with van der Waals surface area (Å²) >= 11 is 1.53. The third kappa shape index (κ3) is 6.76. The van der Waals surface area contributed by atoms with Crippen molar-refractivity contribution in [1.82, 2.24) is 15.3 Å². The number of aryl methyl sites for hydroxylation is 1. The van der Waals surface area contributed by atoms with Crippen LogP contribution in [0.25, 0.3) is 10.6 Å². The smallest absolute Gasteiger partial charge is 0.252 e. The number of aliphatic hydroxyl groups is 1. The zero-order valence-corrected chi connectivity index (χ0v) is 18.5. The molecule has 1 aromatic carbocycles. The number of carbonyl (C=O) groups excluding carboxylic acids is 1. The molecule has 0 spiro atoms. The normalized spacial score (nSPS) is 11.6. The molecule has 0 aliphatic carbocycles. The van der Waals surface area contributed by atoms with Crippen LogP contribution < -0.4 is 5.32 Å². The topological polar surface area (TPSA) is 75.1 Å². The van der Waals surface area contributed by atoms with Gasteiger partial charge in [-0.1, -0.05) is 43.7 Å². The second-order valence-electron chi connectivity index (χ2n) is 7.10. The van der Waals surface area contributed by atoms with Crippen molar-refractivity contribution in [2.75, 3.05) is 6.54 Å². The van der Waals surface area contributed by atoms with Crippen LogP contribution >= 0.6 is 11.3 Å². The molecule has 3 aromatic rings. The largest absolute Gasteiger partial charge is 0.389 e. The summed E-state index contributed by atoms with van der Waals surface area (Å²) < 4.78 is 0. The van der Waals surface area contributed by atoms with E-state index in [9.17, 15) is 4.79 Å². The highest BCUT2D eigenvalue weighted by Crippen LogP contribution is 2.26. The number of carbonyl (C=O) groups is 1.